The average molecular weight is 389 g/mol. The van der Waals surface area contributed by atoms with Crippen LogP contribution in [0.15, 0.2) is 30.5 Å². The molecule has 9 heteroatoms. The molecule has 0 aliphatic carbocycles. The highest BCUT2D eigenvalue weighted by Gasteiger charge is 2.24. The van der Waals surface area contributed by atoms with Crippen LogP contribution in [0, 0.1) is 0 Å². The average Bonchev–Trinajstić information content (AvgIpc) is 3.07. The van der Waals surface area contributed by atoms with Crippen molar-refractivity contribution >= 4 is 29.2 Å². The number of halogens is 1. The molecular formula is C18H17ClN4O4. The fourth-order valence-electron chi connectivity index (χ4n) is 2.59. The van der Waals surface area contributed by atoms with Gasteiger partial charge in [-0.1, -0.05) is 23.7 Å². The zero-order valence-electron chi connectivity index (χ0n) is 14.8. The maximum Gasteiger partial charge on any atom is 0.360 e. The fourth-order valence-corrected chi connectivity index (χ4v) is 2.72. The molecule has 27 heavy (non-hydrogen) atoms. The van der Waals surface area contributed by atoms with Gasteiger partial charge >= 0.3 is 11.9 Å². The molecule has 0 saturated heterocycles. The Morgan fingerprint density at radius 1 is 1.07 bits per heavy atom. The molecule has 0 fully saturated rings. The predicted molar refractivity (Wildman–Crippen MR) is 97.5 cm³/mol. The van der Waals surface area contributed by atoms with Crippen LogP contribution in [-0.4, -0.2) is 45.0 Å². The molecule has 0 spiro atoms. The van der Waals surface area contributed by atoms with E-state index in [1.54, 1.807) is 32.2 Å². The molecule has 3 rings (SSSR count). The summed E-state index contributed by atoms with van der Waals surface area (Å²) in [5.41, 5.74) is 2.12. The quantitative estimate of drug-likeness (QED) is 0.599. The van der Waals surface area contributed by atoms with Gasteiger partial charge in [-0.3, -0.25) is 4.79 Å². The Morgan fingerprint density at radius 3 is 2.44 bits per heavy atom. The van der Waals surface area contributed by atoms with Crippen LogP contribution in [0.3, 0.4) is 0 Å². The van der Waals surface area contributed by atoms with E-state index in [2.05, 4.69) is 15.3 Å². The Balaban J connectivity index is 2.13. The molecule has 140 valence electrons. The largest absolute Gasteiger partial charge is 0.466 e. The van der Waals surface area contributed by atoms with Gasteiger partial charge in [-0.2, -0.15) is 5.10 Å². The normalized spacial score (nSPS) is 10.8. The summed E-state index contributed by atoms with van der Waals surface area (Å²) in [6.07, 6.45) is 1.41. The van der Waals surface area contributed by atoms with Crippen molar-refractivity contribution in [2.75, 3.05) is 13.2 Å². The molecule has 0 N–H and O–H groups in total. The van der Waals surface area contributed by atoms with E-state index in [1.165, 1.54) is 4.52 Å². The highest BCUT2D eigenvalue weighted by molar-refractivity contribution is 6.30. The molecule has 0 saturated carbocycles. The monoisotopic (exact) mass is 388 g/mol. The Kier molecular flexibility index (Phi) is 5.66. The van der Waals surface area contributed by atoms with Crippen LogP contribution in [0.2, 0.25) is 5.02 Å². The van der Waals surface area contributed by atoms with E-state index < -0.39 is 11.9 Å². The molecular weight excluding hydrogens is 372 g/mol. The van der Waals surface area contributed by atoms with Crippen LogP contribution >= 0.6 is 11.6 Å². The first-order valence-corrected chi connectivity index (χ1v) is 8.74. The minimum Gasteiger partial charge on any atom is -0.466 e. The lowest BCUT2D eigenvalue weighted by Crippen LogP contribution is -2.20. The molecule has 1 aromatic carbocycles. The minimum absolute atomic E-state index is 0.0665. The summed E-state index contributed by atoms with van der Waals surface area (Å²) in [4.78, 5) is 24.3. The molecule has 2 heterocycles. The molecule has 3 aromatic rings. The van der Waals surface area contributed by atoms with Crippen molar-refractivity contribution in [1.82, 2.24) is 19.8 Å². The summed E-state index contributed by atoms with van der Waals surface area (Å²) in [5, 5.41) is 13.0. The van der Waals surface area contributed by atoms with Gasteiger partial charge in [-0.05, 0) is 31.5 Å². The summed E-state index contributed by atoms with van der Waals surface area (Å²) in [6.45, 7) is 3.79. The van der Waals surface area contributed by atoms with Gasteiger partial charge in [-0.15, -0.1) is 10.2 Å². The number of carbonyl (C=O) groups excluding carboxylic acids is 2. The lowest BCUT2D eigenvalue weighted by Gasteiger charge is -2.09. The van der Waals surface area contributed by atoms with Gasteiger partial charge in [0.15, 0.2) is 11.3 Å². The summed E-state index contributed by atoms with van der Waals surface area (Å²) in [5.74, 6) is -1.17. The van der Waals surface area contributed by atoms with Gasteiger partial charge in [0, 0.05) is 10.6 Å². The third-order valence-corrected chi connectivity index (χ3v) is 4.01. The van der Waals surface area contributed by atoms with Crippen molar-refractivity contribution in [3.63, 3.8) is 0 Å². The maximum atomic E-state index is 12.2. The van der Waals surface area contributed by atoms with Gasteiger partial charge in [-0.25, -0.2) is 9.31 Å². The van der Waals surface area contributed by atoms with E-state index in [0.717, 1.165) is 5.56 Å². The molecule has 0 atom stereocenters. The van der Waals surface area contributed by atoms with Gasteiger partial charge in [0.2, 0.25) is 0 Å². The number of rotatable bonds is 6. The van der Waals surface area contributed by atoms with E-state index in [0.29, 0.717) is 16.2 Å². The Morgan fingerprint density at radius 2 is 1.78 bits per heavy atom. The standard InChI is InChI=1S/C18H17ClN4O4/c1-3-26-15(24)9-14-16(18(25)27-4-2)21-22-17-13(10-20-23(14)17)11-5-7-12(19)8-6-11/h5-8,10H,3-4,9H2,1-2H3. The number of aromatic nitrogens is 4. The maximum absolute atomic E-state index is 12.2. The number of hydrogen-bond donors (Lipinski definition) is 0. The fraction of sp³-hybridized carbons (Fsp3) is 0.278. The van der Waals surface area contributed by atoms with E-state index in [4.69, 9.17) is 21.1 Å². The first-order chi connectivity index (χ1) is 13.0. The third-order valence-electron chi connectivity index (χ3n) is 3.76. The molecule has 2 aromatic heterocycles. The van der Waals surface area contributed by atoms with E-state index >= 15 is 0 Å². The summed E-state index contributed by atoms with van der Waals surface area (Å²) in [7, 11) is 0. The lowest BCUT2D eigenvalue weighted by molar-refractivity contribution is -0.142. The van der Waals surface area contributed by atoms with Crippen molar-refractivity contribution in [2.24, 2.45) is 0 Å². The van der Waals surface area contributed by atoms with Crippen LogP contribution in [0.4, 0.5) is 0 Å². The van der Waals surface area contributed by atoms with Crippen LogP contribution < -0.4 is 0 Å². The van der Waals surface area contributed by atoms with Crippen molar-refractivity contribution < 1.29 is 19.1 Å². The van der Waals surface area contributed by atoms with Gasteiger partial charge in [0.05, 0.1) is 31.5 Å². The smallest absolute Gasteiger partial charge is 0.360 e. The number of fused-ring (bicyclic) bond motifs is 1. The number of nitrogens with zero attached hydrogens (tertiary/aromatic N) is 4. The number of carbonyl (C=O) groups is 2. The van der Waals surface area contributed by atoms with Crippen molar-refractivity contribution in [2.45, 2.75) is 20.3 Å². The lowest BCUT2D eigenvalue weighted by atomic mass is 10.1. The number of ether oxygens (including phenoxy) is 2. The van der Waals surface area contributed by atoms with E-state index in [9.17, 15) is 9.59 Å². The van der Waals surface area contributed by atoms with Gasteiger partial charge in [0.25, 0.3) is 0 Å². The second kappa shape index (κ2) is 8.13. The second-order valence-corrected chi connectivity index (χ2v) is 5.93. The molecule has 0 aliphatic heterocycles. The second-order valence-electron chi connectivity index (χ2n) is 5.50. The molecule has 8 nitrogen and oxygen atoms in total. The van der Waals surface area contributed by atoms with Crippen LogP contribution in [0.25, 0.3) is 16.8 Å². The zero-order valence-corrected chi connectivity index (χ0v) is 15.6. The SMILES string of the molecule is CCOC(=O)Cc1c(C(=O)OCC)nnc2c(-c3ccc(Cl)cc3)cnn12. The van der Waals surface area contributed by atoms with Crippen LogP contribution in [0.5, 0.6) is 0 Å². The number of benzene rings is 1. The summed E-state index contributed by atoms with van der Waals surface area (Å²) in [6, 6.07) is 7.15. The van der Waals surface area contributed by atoms with Crippen LogP contribution in [-0.2, 0) is 20.7 Å². The Hall–Kier alpha value is -3.00. The highest BCUT2D eigenvalue weighted by Crippen LogP contribution is 2.26. The first-order valence-electron chi connectivity index (χ1n) is 8.37. The highest BCUT2D eigenvalue weighted by atomic mass is 35.5. The topological polar surface area (TPSA) is 95.7 Å². The van der Waals surface area contributed by atoms with Crippen molar-refractivity contribution in [3.05, 3.63) is 46.9 Å². The molecule has 0 aliphatic rings. The van der Waals surface area contributed by atoms with E-state index in [1.807, 2.05) is 12.1 Å². The molecule has 0 bridgehead atoms. The first kappa shape index (κ1) is 18.8. The molecule has 0 unspecified atom stereocenters. The molecule has 0 amide bonds. The predicted octanol–water partition coefficient (Wildman–Crippen LogP) is 2.73. The summed E-state index contributed by atoms with van der Waals surface area (Å²) < 4.78 is 11.4. The third kappa shape index (κ3) is 3.90. The van der Waals surface area contributed by atoms with Crippen molar-refractivity contribution in [3.8, 4) is 11.1 Å². The molecule has 0 radical (unpaired) electrons. The summed E-state index contributed by atoms with van der Waals surface area (Å²) >= 11 is 5.94. The zero-order chi connectivity index (χ0) is 19.4. The number of esters is 2. The van der Waals surface area contributed by atoms with Gasteiger partial charge < -0.3 is 9.47 Å². The Bertz CT molecular complexity index is 985. The Labute approximate surface area is 160 Å². The minimum atomic E-state index is -0.672. The van der Waals surface area contributed by atoms with E-state index in [-0.39, 0.29) is 31.0 Å². The van der Waals surface area contributed by atoms with Gasteiger partial charge in [0.1, 0.15) is 0 Å². The number of hydrogen-bond acceptors (Lipinski definition) is 7. The van der Waals surface area contributed by atoms with Crippen molar-refractivity contribution in [1.29, 1.82) is 0 Å². The van der Waals surface area contributed by atoms with Crippen LogP contribution in [0.1, 0.15) is 30.0 Å².